The van der Waals surface area contributed by atoms with Gasteiger partial charge in [0.25, 0.3) is 5.91 Å². The summed E-state index contributed by atoms with van der Waals surface area (Å²) in [6.07, 6.45) is 3.60. The molecule has 5 rings (SSSR count). The second-order valence-electron chi connectivity index (χ2n) is 11.3. The molecule has 0 bridgehead atoms. The summed E-state index contributed by atoms with van der Waals surface area (Å²) in [5.41, 5.74) is 4.13. The smallest absolute Gasteiger partial charge is 0.261 e. The second kappa shape index (κ2) is 13.2. The largest absolute Gasteiger partial charge is 0.372 e. The van der Waals surface area contributed by atoms with Crippen LogP contribution >= 0.6 is 0 Å². The van der Waals surface area contributed by atoms with E-state index in [4.69, 9.17) is 0 Å². The van der Waals surface area contributed by atoms with Crippen LogP contribution in [0.15, 0.2) is 42.5 Å². The van der Waals surface area contributed by atoms with Crippen LogP contribution in [0.3, 0.4) is 0 Å². The van der Waals surface area contributed by atoms with E-state index in [2.05, 4.69) is 37.5 Å². The number of imide groups is 2. The molecule has 0 aliphatic carbocycles. The van der Waals surface area contributed by atoms with Gasteiger partial charge in [0.1, 0.15) is 6.04 Å². The first kappa shape index (κ1) is 29.2. The molecule has 3 saturated heterocycles. The Bertz CT molecular complexity index is 1320. The monoisotopic (exact) mass is 574 g/mol. The van der Waals surface area contributed by atoms with Gasteiger partial charge in [-0.3, -0.25) is 39.1 Å². The van der Waals surface area contributed by atoms with Gasteiger partial charge in [-0.15, -0.1) is 0 Å². The number of hydrogen-bond donors (Lipinski definition) is 2. The third-order valence-electron chi connectivity index (χ3n) is 8.66. The molecule has 2 N–H and O–H groups in total. The van der Waals surface area contributed by atoms with Crippen LogP contribution in [0.5, 0.6) is 0 Å². The topological polar surface area (TPSA) is 122 Å². The molecule has 3 aliphatic rings. The summed E-state index contributed by atoms with van der Waals surface area (Å²) in [7, 11) is 0. The van der Waals surface area contributed by atoms with Crippen LogP contribution in [-0.4, -0.2) is 92.2 Å². The average molecular weight is 575 g/mol. The molecule has 3 heterocycles. The summed E-state index contributed by atoms with van der Waals surface area (Å²) in [6.45, 7) is 8.72. The zero-order valence-electron chi connectivity index (χ0n) is 24.0. The van der Waals surface area contributed by atoms with Crippen molar-refractivity contribution in [2.24, 2.45) is 5.92 Å². The molecule has 3 aliphatic heterocycles. The number of nitrogens with one attached hydrogen (secondary N) is 2. The van der Waals surface area contributed by atoms with Crippen molar-refractivity contribution < 1.29 is 24.0 Å². The number of piperazine rings is 1. The van der Waals surface area contributed by atoms with Crippen LogP contribution in [0.2, 0.25) is 0 Å². The lowest BCUT2D eigenvalue weighted by atomic mass is 9.95. The van der Waals surface area contributed by atoms with Crippen molar-refractivity contribution in [3.8, 4) is 0 Å². The molecular formula is C31H38N6O5. The molecule has 1 atom stereocenters. The molecule has 1 unspecified atom stereocenters. The lowest BCUT2D eigenvalue weighted by Gasteiger charge is -2.40. The first-order chi connectivity index (χ1) is 20.4. The van der Waals surface area contributed by atoms with E-state index in [1.165, 1.54) is 5.69 Å². The summed E-state index contributed by atoms with van der Waals surface area (Å²) in [6, 6.07) is 12.6. The fraction of sp³-hybridized carbons (Fsp3) is 0.452. The summed E-state index contributed by atoms with van der Waals surface area (Å²) >= 11 is 0. The van der Waals surface area contributed by atoms with E-state index in [0.29, 0.717) is 24.3 Å². The average Bonchev–Trinajstić information content (AvgIpc) is 3.00. The fourth-order valence-electron chi connectivity index (χ4n) is 6.20. The van der Waals surface area contributed by atoms with Gasteiger partial charge in [0.15, 0.2) is 0 Å². The van der Waals surface area contributed by atoms with Crippen molar-refractivity contribution in [2.75, 3.05) is 60.9 Å². The second-order valence-corrected chi connectivity index (χ2v) is 11.3. The molecule has 0 radical (unpaired) electrons. The van der Waals surface area contributed by atoms with Crippen LogP contribution in [0, 0.1) is 12.8 Å². The zero-order valence-corrected chi connectivity index (χ0v) is 24.0. The van der Waals surface area contributed by atoms with Gasteiger partial charge in [-0.25, -0.2) is 0 Å². The number of nitrogens with zero attached hydrogens (tertiary/aromatic N) is 4. The molecule has 3 fully saturated rings. The Balaban J connectivity index is 1.10. The molecule has 0 saturated carbocycles. The first-order valence-electron chi connectivity index (χ1n) is 14.6. The Morgan fingerprint density at radius 3 is 2.21 bits per heavy atom. The van der Waals surface area contributed by atoms with Crippen molar-refractivity contribution in [3.05, 3.63) is 53.6 Å². The number of anilines is 3. The third-order valence-corrected chi connectivity index (χ3v) is 8.66. The molecule has 42 heavy (non-hydrogen) atoms. The highest BCUT2D eigenvalue weighted by atomic mass is 16.2. The van der Waals surface area contributed by atoms with E-state index in [0.717, 1.165) is 80.5 Å². The maximum absolute atomic E-state index is 13.2. The summed E-state index contributed by atoms with van der Waals surface area (Å²) in [5, 5.41) is 4.88. The van der Waals surface area contributed by atoms with E-state index >= 15 is 0 Å². The van der Waals surface area contributed by atoms with Gasteiger partial charge in [-0.05, 0) is 80.1 Å². The SMILES string of the molecule is Cc1cc(N2CCN(CC3CCN(c4ccc(NC=O)cc4)CC3)CC2)ccc1C(=O)N(C=O)C1CCC(=O)NC1=O. The standard InChI is InChI=1S/C31H38N6O5/c1-22-18-26(6-7-27(22)31(42)37(21-39)28-8-9-29(40)33-30(28)41)36-16-14-34(15-17-36)19-23-10-12-35(13-11-23)25-4-2-24(3-5-25)32-20-38/h2-7,18,20-21,23,28H,8-17,19H2,1H3,(H,32,38)(H,33,40,41). The molecule has 2 aromatic rings. The molecule has 0 spiro atoms. The minimum absolute atomic E-state index is 0.0911. The van der Waals surface area contributed by atoms with Gasteiger partial charge in [0.05, 0.1) is 0 Å². The normalized spacial score (nSPS) is 20.2. The minimum atomic E-state index is -0.981. The van der Waals surface area contributed by atoms with Crippen LogP contribution in [-0.2, 0) is 19.2 Å². The van der Waals surface area contributed by atoms with Crippen molar-refractivity contribution in [3.63, 3.8) is 0 Å². The van der Waals surface area contributed by atoms with Gasteiger partial charge in [0, 0.05) is 74.9 Å². The van der Waals surface area contributed by atoms with Crippen LogP contribution in [0.4, 0.5) is 17.1 Å². The highest BCUT2D eigenvalue weighted by Gasteiger charge is 2.35. The summed E-state index contributed by atoms with van der Waals surface area (Å²) in [5.74, 6) is -0.884. The Morgan fingerprint density at radius 1 is 0.929 bits per heavy atom. The zero-order chi connectivity index (χ0) is 29.6. The molecule has 0 aromatic heterocycles. The highest BCUT2D eigenvalue weighted by Crippen LogP contribution is 2.27. The van der Waals surface area contributed by atoms with Crippen LogP contribution in [0.25, 0.3) is 0 Å². The number of hydrogen-bond acceptors (Lipinski definition) is 8. The predicted molar refractivity (Wildman–Crippen MR) is 159 cm³/mol. The third kappa shape index (κ3) is 6.62. The van der Waals surface area contributed by atoms with Gasteiger partial charge < -0.3 is 15.1 Å². The Kier molecular flexibility index (Phi) is 9.16. The molecule has 2 aromatic carbocycles. The lowest BCUT2D eigenvalue weighted by Crippen LogP contribution is -2.54. The quantitative estimate of drug-likeness (QED) is 0.345. The van der Waals surface area contributed by atoms with Gasteiger partial charge in [-0.2, -0.15) is 0 Å². The van der Waals surface area contributed by atoms with Crippen LogP contribution < -0.4 is 20.4 Å². The minimum Gasteiger partial charge on any atom is -0.372 e. The summed E-state index contributed by atoms with van der Waals surface area (Å²) in [4.78, 5) is 67.4. The molecule has 5 amide bonds. The molecular weight excluding hydrogens is 536 g/mol. The van der Waals surface area contributed by atoms with Crippen molar-refractivity contribution >= 4 is 47.6 Å². The number of benzene rings is 2. The summed E-state index contributed by atoms with van der Waals surface area (Å²) < 4.78 is 0. The first-order valence-corrected chi connectivity index (χ1v) is 14.6. The van der Waals surface area contributed by atoms with Gasteiger partial charge in [-0.1, -0.05) is 0 Å². The van der Waals surface area contributed by atoms with Gasteiger partial charge >= 0.3 is 0 Å². The number of carbonyl (C=O) groups excluding carboxylic acids is 5. The number of amides is 5. The van der Waals surface area contributed by atoms with E-state index in [1.54, 1.807) is 6.07 Å². The number of rotatable bonds is 9. The Labute approximate surface area is 245 Å². The molecule has 222 valence electrons. The van der Waals surface area contributed by atoms with Crippen molar-refractivity contribution in [1.29, 1.82) is 0 Å². The van der Waals surface area contributed by atoms with E-state index in [9.17, 15) is 24.0 Å². The highest BCUT2D eigenvalue weighted by molar-refractivity contribution is 6.07. The predicted octanol–water partition coefficient (Wildman–Crippen LogP) is 2.01. The fourth-order valence-corrected chi connectivity index (χ4v) is 6.20. The Hall–Kier alpha value is -4.25. The maximum Gasteiger partial charge on any atom is 0.261 e. The van der Waals surface area contributed by atoms with E-state index in [1.807, 2.05) is 31.2 Å². The Morgan fingerprint density at radius 2 is 1.60 bits per heavy atom. The van der Waals surface area contributed by atoms with Crippen LogP contribution in [0.1, 0.15) is 41.6 Å². The number of aryl methyl sites for hydroxylation is 1. The molecule has 11 heteroatoms. The molecule has 11 nitrogen and oxygen atoms in total. The van der Waals surface area contributed by atoms with Crippen molar-refractivity contribution in [2.45, 2.75) is 38.6 Å². The number of piperidine rings is 2. The maximum atomic E-state index is 13.2. The van der Waals surface area contributed by atoms with E-state index in [-0.39, 0.29) is 12.8 Å². The number of carbonyl (C=O) groups is 5. The van der Waals surface area contributed by atoms with Crippen molar-refractivity contribution in [1.82, 2.24) is 15.1 Å². The lowest BCUT2D eigenvalue weighted by molar-refractivity contribution is -0.139. The van der Waals surface area contributed by atoms with E-state index < -0.39 is 23.8 Å². The van der Waals surface area contributed by atoms with Gasteiger partial charge in [0.2, 0.25) is 24.6 Å².